The van der Waals surface area contributed by atoms with Crippen molar-refractivity contribution in [1.82, 2.24) is 4.90 Å². The maximum absolute atomic E-state index is 11.3. The SMILES string of the molecule is Oc1ccc(C2(O)N=C3N=CC=C4c5ccccc5N=C2N43)cc1. The highest BCUT2D eigenvalue weighted by Gasteiger charge is 2.50. The molecular formula is C18H12N4O2. The maximum atomic E-state index is 11.3. The average molecular weight is 316 g/mol. The molecule has 5 rings (SSSR count). The number of phenols is 1. The number of allylic oxidation sites excluding steroid dienone is 1. The van der Waals surface area contributed by atoms with Crippen molar-refractivity contribution in [3.63, 3.8) is 0 Å². The molecule has 0 fully saturated rings. The van der Waals surface area contributed by atoms with Crippen LogP contribution in [0.4, 0.5) is 5.69 Å². The maximum Gasteiger partial charge on any atom is 0.246 e. The summed E-state index contributed by atoms with van der Waals surface area (Å²) in [6, 6.07) is 14.0. The fraction of sp³-hybridized carbons (Fsp3) is 0.0556. The van der Waals surface area contributed by atoms with Gasteiger partial charge in [0.25, 0.3) is 0 Å². The van der Waals surface area contributed by atoms with Crippen molar-refractivity contribution >= 4 is 29.4 Å². The highest BCUT2D eigenvalue weighted by atomic mass is 16.3. The Balaban J connectivity index is 1.78. The summed E-state index contributed by atoms with van der Waals surface area (Å²) in [6.07, 6.45) is 3.56. The zero-order chi connectivity index (χ0) is 16.3. The molecule has 0 amide bonds. The van der Waals surface area contributed by atoms with Crippen LogP contribution in [0.25, 0.3) is 5.70 Å². The number of hydrogen-bond acceptors (Lipinski definition) is 6. The monoisotopic (exact) mass is 316 g/mol. The number of amidine groups is 1. The zero-order valence-electron chi connectivity index (χ0n) is 12.5. The first-order chi connectivity index (χ1) is 11.7. The lowest BCUT2D eigenvalue weighted by atomic mass is 9.99. The van der Waals surface area contributed by atoms with E-state index in [2.05, 4.69) is 15.0 Å². The molecule has 0 aliphatic carbocycles. The molecule has 3 aliphatic heterocycles. The van der Waals surface area contributed by atoms with Gasteiger partial charge in [-0.1, -0.05) is 18.2 Å². The molecule has 0 radical (unpaired) electrons. The first kappa shape index (κ1) is 13.2. The Morgan fingerprint density at radius 1 is 1.00 bits per heavy atom. The van der Waals surface area contributed by atoms with E-state index in [1.165, 1.54) is 12.1 Å². The molecule has 0 bridgehead atoms. The quantitative estimate of drug-likeness (QED) is 0.847. The van der Waals surface area contributed by atoms with E-state index < -0.39 is 5.72 Å². The molecule has 2 N–H and O–H groups in total. The van der Waals surface area contributed by atoms with Crippen LogP contribution < -0.4 is 0 Å². The van der Waals surface area contributed by atoms with E-state index in [1.54, 1.807) is 23.2 Å². The van der Waals surface area contributed by atoms with E-state index >= 15 is 0 Å². The van der Waals surface area contributed by atoms with Gasteiger partial charge in [-0.05, 0) is 36.4 Å². The number of aromatic hydroxyl groups is 1. The third kappa shape index (κ3) is 1.60. The van der Waals surface area contributed by atoms with Gasteiger partial charge < -0.3 is 10.2 Å². The number of aliphatic imine (C=N–C) groups is 3. The molecule has 3 aliphatic rings. The minimum Gasteiger partial charge on any atom is -0.508 e. The lowest BCUT2D eigenvalue weighted by Gasteiger charge is -2.32. The summed E-state index contributed by atoms with van der Waals surface area (Å²) in [6.45, 7) is 0. The Labute approximate surface area is 137 Å². The van der Waals surface area contributed by atoms with Gasteiger partial charge in [-0.15, -0.1) is 0 Å². The molecule has 1 atom stereocenters. The first-order valence-electron chi connectivity index (χ1n) is 7.51. The van der Waals surface area contributed by atoms with Crippen LogP contribution in [0.15, 0.2) is 69.6 Å². The Hall–Kier alpha value is -3.25. The predicted molar refractivity (Wildman–Crippen MR) is 91.3 cm³/mol. The number of aliphatic hydroxyl groups is 1. The van der Waals surface area contributed by atoms with Gasteiger partial charge in [0.2, 0.25) is 11.7 Å². The van der Waals surface area contributed by atoms with Crippen molar-refractivity contribution in [2.45, 2.75) is 5.72 Å². The Kier molecular flexibility index (Phi) is 2.42. The van der Waals surface area contributed by atoms with Gasteiger partial charge in [-0.2, -0.15) is 0 Å². The third-order valence-corrected chi connectivity index (χ3v) is 4.32. The van der Waals surface area contributed by atoms with Crippen LogP contribution in [-0.4, -0.2) is 33.1 Å². The van der Waals surface area contributed by atoms with Gasteiger partial charge in [0.05, 0.1) is 11.4 Å². The minimum absolute atomic E-state index is 0.125. The van der Waals surface area contributed by atoms with E-state index in [0.717, 1.165) is 16.9 Å². The summed E-state index contributed by atoms with van der Waals surface area (Å²) in [5.41, 5.74) is 1.51. The lowest BCUT2D eigenvalue weighted by molar-refractivity contribution is 0.122. The third-order valence-electron chi connectivity index (χ3n) is 4.32. The molecule has 6 heteroatoms. The van der Waals surface area contributed by atoms with Crippen LogP contribution in [0.3, 0.4) is 0 Å². The second-order valence-corrected chi connectivity index (χ2v) is 5.75. The Morgan fingerprint density at radius 2 is 1.79 bits per heavy atom. The van der Waals surface area contributed by atoms with Crippen LogP contribution in [0.5, 0.6) is 5.75 Å². The van der Waals surface area contributed by atoms with Gasteiger partial charge in [-0.3, -0.25) is 4.90 Å². The van der Waals surface area contributed by atoms with Gasteiger partial charge in [0.1, 0.15) is 5.75 Å². The summed E-state index contributed by atoms with van der Waals surface area (Å²) in [7, 11) is 0. The summed E-state index contributed by atoms with van der Waals surface area (Å²) in [5.74, 6) is 0.918. The van der Waals surface area contributed by atoms with Crippen molar-refractivity contribution < 1.29 is 10.2 Å². The second-order valence-electron chi connectivity index (χ2n) is 5.75. The van der Waals surface area contributed by atoms with Gasteiger partial charge in [-0.25, -0.2) is 15.0 Å². The van der Waals surface area contributed by atoms with E-state index in [9.17, 15) is 10.2 Å². The zero-order valence-corrected chi connectivity index (χ0v) is 12.5. The number of guanidine groups is 1. The van der Waals surface area contributed by atoms with Crippen molar-refractivity contribution in [1.29, 1.82) is 0 Å². The highest BCUT2D eigenvalue weighted by molar-refractivity contribution is 6.22. The molecule has 0 saturated carbocycles. The van der Waals surface area contributed by atoms with Crippen LogP contribution in [-0.2, 0) is 5.72 Å². The standard InChI is InChI=1S/C18H12N4O2/c23-12-7-5-11(6-8-12)18(24)16-20-14-4-2-1-3-13(14)15-9-10-19-17(21-18)22(15)16/h1-10,23-24H. The smallest absolute Gasteiger partial charge is 0.246 e. The summed E-state index contributed by atoms with van der Waals surface area (Å²) < 4.78 is 0. The average Bonchev–Trinajstić information content (AvgIpc) is 2.90. The van der Waals surface area contributed by atoms with Gasteiger partial charge in [0, 0.05) is 17.3 Å². The lowest BCUT2D eigenvalue weighted by Crippen LogP contribution is -2.42. The molecular weight excluding hydrogens is 304 g/mol. The van der Waals surface area contributed by atoms with Crippen molar-refractivity contribution in [2.24, 2.45) is 15.0 Å². The van der Waals surface area contributed by atoms with Gasteiger partial charge in [0.15, 0.2) is 5.84 Å². The fourth-order valence-electron chi connectivity index (χ4n) is 3.18. The number of rotatable bonds is 1. The number of phenolic OH excluding ortho intramolecular Hbond substituents is 1. The van der Waals surface area contributed by atoms with Crippen LogP contribution >= 0.6 is 0 Å². The molecule has 0 aromatic heterocycles. The van der Waals surface area contributed by atoms with E-state index in [4.69, 9.17) is 0 Å². The molecule has 0 saturated heterocycles. The topological polar surface area (TPSA) is 80.8 Å². The molecule has 2 aromatic carbocycles. The fourth-order valence-corrected chi connectivity index (χ4v) is 3.18. The molecule has 0 spiro atoms. The van der Waals surface area contributed by atoms with Crippen molar-refractivity contribution in [3.8, 4) is 5.75 Å². The van der Waals surface area contributed by atoms with E-state index in [1.807, 2.05) is 30.3 Å². The van der Waals surface area contributed by atoms with E-state index in [-0.39, 0.29) is 5.75 Å². The Bertz CT molecular complexity index is 988. The van der Waals surface area contributed by atoms with Crippen LogP contribution in [0.2, 0.25) is 0 Å². The van der Waals surface area contributed by atoms with E-state index in [0.29, 0.717) is 17.4 Å². The summed E-state index contributed by atoms with van der Waals surface area (Å²) in [5, 5.41) is 20.8. The predicted octanol–water partition coefficient (Wildman–Crippen LogP) is 2.38. The number of benzene rings is 2. The molecule has 6 nitrogen and oxygen atoms in total. The number of fused-ring (bicyclic) bond motifs is 2. The van der Waals surface area contributed by atoms with Crippen molar-refractivity contribution in [3.05, 3.63) is 65.7 Å². The Morgan fingerprint density at radius 3 is 2.62 bits per heavy atom. The molecule has 116 valence electrons. The first-order valence-corrected chi connectivity index (χ1v) is 7.51. The van der Waals surface area contributed by atoms with Crippen molar-refractivity contribution in [2.75, 3.05) is 0 Å². The summed E-state index contributed by atoms with van der Waals surface area (Å²) in [4.78, 5) is 15.1. The minimum atomic E-state index is -1.64. The second kappa shape index (κ2) is 4.39. The summed E-state index contributed by atoms with van der Waals surface area (Å²) >= 11 is 0. The number of para-hydroxylation sites is 1. The molecule has 24 heavy (non-hydrogen) atoms. The van der Waals surface area contributed by atoms with Gasteiger partial charge >= 0.3 is 0 Å². The van der Waals surface area contributed by atoms with Crippen LogP contribution in [0.1, 0.15) is 11.1 Å². The molecule has 1 unspecified atom stereocenters. The number of hydrogen-bond donors (Lipinski definition) is 2. The normalized spacial score (nSPS) is 23.2. The number of nitrogens with zero attached hydrogens (tertiary/aromatic N) is 4. The van der Waals surface area contributed by atoms with Crippen LogP contribution in [0, 0.1) is 0 Å². The molecule has 2 aromatic rings. The largest absolute Gasteiger partial charge is 0.508 e. The molecule has 3 heterocycles. The highest BCUT2D eigenvalue weighted by Crippen LogP contribution is 2.44.